The van der Waals surface area contributed by atoms with Crippen molar-refractivity contribution in [3.8, 4) is 0 Å². The quantitative estimate of drug-likeness (QED) is 0.508. The first-order chi connectivity index (χ1) is 9.45. The van der Waals surface area contributed by atoms with Crippen molar-refractivity contribution in [3.63, 3.8) is 0 Å². The van der Waals surface area contributed by atoms with E-state index in [1.165, 1.54) is 16.4 Å². The van der Waals surface area contributed by atoms with E-state index in [0.29, 0.717) is 6.71 Å². The van der Waals surface area contributed by atoms with Crippen LogP contribution in [0.3, 0.4) is 0 Å². The summed E-state index contributed by atoms with van der Waals surface area (Å²) in [6.07, 6.45) is 0. The summed E-state index contributed by atoms with van der Waals surface area (Å²) in [4.78, 5) is 0. The molecule has 0 amide bonds. The van der Waals surface area contributed by atoms with Crippen LogP contribution in [0.2, 0.25) is 0 Å². The average Bonchev–Trinajstić information content (AvgIpc) is 2.51. The van der Waals surface area contributed by atoms with Gasteiger partial charge in [-0.05, 0) is 0 Å². The van der Waals surface area contributed by atoms with Gasteiger partial charge in [0.25, 0.3) is 0 Å². The highest BCUT2D eigenvalue weighted by molar-refractivity contribution is 6.95. The van der Waals surface area contributed by atoms with Gasteiger partial charge in [0.1, 0.15) is 0 Å². The lowest BCUT2D eigenvalue weighted by Crippen LogP contribution is -2.51. The molecule has 0 heterocycles. The standard InChI is InChI=1S/C18H15B.H3P/c1-4-10-16(11-5-1)19(17-12-6-2-7-13-17)18-14-8-3-9-15-18;/h1-15H;1H3. The molecule has 0 saturated heterocycles. The maximum Gasteiger partial charge on any atom is 0.241 e. The minimum atomic E-state index is 0. The SMILES string of the molecule is P.c1ccc(B(c2ccccc2)c2ccccc2)cc1. The molecule has 1 atom stereocenters. The van der Waals surface area contributed by atoms with Crippen molar-refractivity contribution >= 4 is 33.0 Å². The lowest BCUT2D eigenvalue weighted by Gasteiger charge is -2.15. The van der Waals surface area contributed by atoms with Gasteiger partial charge in [-0.3, -0.25) is 0 Å². The van der Waals surface area contributed by atoms with E-state index in [0.717, 1.165) is 0 Å². The fourth-order valence-corrected chi connectivity index (χ4v) is 2.51. The van der Waals surface area contributed by atoms with Gasteiger partial charge < -0.3 is 0 Å². The van der Waals surface area contributed by atoms with Gasteiger partial charge in [0, 0.05) is 0 Å². The Labute approximate surface area is 124 Å². The van der Waals surface area contributed by atoms with Crippen LogP contribution in [0.25, 0.3) is 0 Å². The minimum Gasteiger partial charge on any atom is -0.153 e. The molecule has 0 saturated carbocycles. The van der Waals surface area contributed by atoms with Crippen molar-refractivity contribution in [1.82, 2.24) is 0 Å². The predicted molar refractivity (Wildman–Crippen MR) is 95.1 cm³/mol. The first kappa shape index (κ1) is 14.6. The molecule has 98 valence electrons. The summed E-state index contributed by atoms with van der Waals surface area (Å²) in [6.45, 7) is 0.309. The molecule has 3 rings (SSSR count). The Bertz CT molecular complexity index is 529. The Morgan fingerprint density at radius 3 is 0.900 bits per heavy atom. The third kappa shape index (κ3) is 3.18. The fraction of sp³-hybridized carbons (Fsp3) is 0. The largest absolute Gasteiger partial charge is 0.241 e. The molecule has 0 aliphatic rings. The molecular formula is C18H18BP. The normalized spacial score (nSPS) is 9.60. The van der Waals surface area contributed by atoms with Gasteiger partial charge >= 0.3 is 0 Å². The molecular weight excluding hydrogens is 258 g/mol. The minimum absolute atomic E-state index is 0. The van der Waals surface area contributed by atoms with Crippen LogP contribution in [0.15, 0.2) is 91.0 Å². The van der Waals surface area contributed by atoms with Crippen molar-refractivity contribution in [1.29, 1.82) is 0 Å². The molecule has 20 heavy (non-hydrogen) atoms. The van der Waals surface area contributed by atoms with Crippen LogP contribution < -0.4 is 16.4 Å². The van der Waals surface area contributed by atoms with E-state index < -0.39 is 0 Å². The van der Waals surface area contributed by atoms with E-state index in [-0.39, 0.29) is 9.90 Å². The summed E-state index contributed by atoms with van der Waals surface area (Å²) in [7, 11) is 0. The zero-order valence-electron chi connectivity index (χ0n) is 11.4. The van der Waals surface area contributed by atoms with Crippen molar-refractivity contribution in [2.24, 2.45) is 0 Å². The second kappa shape index (κ2) is 7.08. The molecule has 2 heteroatoms. The van der Waals surface area contributed by atoms with E-state index in [1.807, 2.05) is 0 Å². The van der Waals surface area contributed by atoms with Gasteiger partial charge in [-0.15, -0.1) is 0 Å². The molecule has 0 aliphatic carbocycles. The van der Waals surface area contributed by atoms with Crippen molar-refractivity contribution in [3.05, 3.63) is 91.0 Å². The topological polar surface area (TPSA) is 0 Å². The highest BCUT2D eigenvalue weighted by Crippen LogP contribution is 1.95. The molecule has 0 bridgehead atoms. The molecule has 0 nitrogen and oxygen atoms in total. The highest BCUT2D eigenvalue weighted by Gasteiger charge is 2.20. The summed E-state index contributed by atoms with van der Waals surface area (Å²) >= 11 is 0. The van der Waals surface area contributed by atoms with Gasteiger partial charge in [0.2, 0.25) is 6.71 Å². The van der Waals surface area contributed by atoms with Gasteiger partial charge in [-0.2, -0.15) is 9.90 Å². The van der Waals surface area contributed by atoms with Gasteiger partial charge in [0.15, 0.2) is 0 Å². The maximum absolute atomic E-state index is 2.20. The van der Waals surface area contributed by atoms with Gasteiger partial charge in [-0.25, -0.2) is 0 Å². The molecule has 0 spiro atoms. The smallest absolute Gasteiger partial charge is 0.153 e. The van der Waals surface area contributed by atoms with Gasteiger partial charge in [0.05, 0.1) is 0 Å². The number of hydrogen-bond acceptors (Lipinski definition) is 0. The molecule has 0 aromatic heterocycles. The van der Waals surface area contributed by atoms with E-state index >= 15 is 0 Å². The van der Waals surface area contributed by atoms with E-state index in [9.17, 15) is 0 Å². The maximum atomic E-state index is 2.20. The van der Waals surface area contributed by atoms with Crippen LogP contribution in [0.1, 0.15) is 0 Å². The second-order valence-electron chi connectivity index (χ2n) is 4.67. The summed E-state index contributed by atoms with van der Waals surface area (Å²) in [6, 6.07) is 32.0. The first-order valence-electron chi connectivity index (χ1n) is 6.60. The number of rotatable bonds is 3. The predicted octanol–water partition coefficient (Wildman–Crippen LogP) is 2.26. The lowest BCUT2D eigenvalue weighted by molar-refractivity contribution is 1.71. The third-order valence-corrected chi connectivity index (χ3v) is 3.40. The molecule has 1 unspecified atom stereocenters. The number of hydrogen-bond donors (Lipinski definition) is 0. The number of benzene rings is 3. The molecule has 3 aromatic carbocycles. The van der Waals surface area contributed by atoms with Crippen molar-refractivity contribution in [2.75, 3.05) is 0 Å². The molecule has 0 N–H and O–H groups in total. The van der Waals surface area contributed by atoms with E-state index in [4.69, 9.17) is 0 Å². The van der Waals surface area contributed by atoms with Gasteiger partial charge in [-0.1, -0.05) is 107 Å². The second-order valence-corrected chi connectivity index (χ2v) is 4.67. The monoisotopic (exact) mass is 276 g/mol. The van der Waals surface area contributed by atoms with Crippen LogP contribution >= 0.6 is 9.90 Å². The highest BCUT2D eigenvalue weighted by atomic mass is 31.0. The third-order valence-electron chi connectivity index (χ3n) is 3.40. The van der Waals surface area contributed by atoms with Crippen LogP contribution in [-0.4, -0.2) is 6.71 Å². The summed E-state index contributed by atoms with van der Waals surface area (Å²) in [5.41, 5.74) is 4.00. The van der Waals surface area contributed by atoms with Crippen LogP contribution in [-0.2, 0) is 0 Å². The Morgan fingerprint density at radius 1 is 0.400 bits per heavy atom. The van der Waals surface area contributed by atoms with E-state index in [2.05, 4.69) is 91.0 Å². The van der Waals surface area contributed by atoms with Crippen LogP contribution in [0.4, 0.5) is 0 Å². The van der Waals surface area contributed by atoms with Crippen LogP contribution in [0.5, 0.6) is 0 Å². The zero-order valence-corrected chi connectivity index (χ0v) is 12.9. The van der Waals surface area contributed by atoms with Crippen LogP contribution in [0, 0.1) is 0 Å². The average molecular weight is 276 g/mol. The summed E-state index contributed by atoms with van der Waals surface area (Å²) in [5, 5.41) is 0. The van der Waals surface area contributed by atoms with Crippen molar-refractivity contribution in [2.45, 2.75) is 0 Å². The summed E-state index contributed by atoms with van der Waals surface area (Å²) < 4.78 is 0. The Morgan fingerprint density at radius 2 is 0.650 bits per heavy atom. The fourth-order valence-electron chi connectivity index (χ4n) is 2.51. The molecule has 0 fully saturated rings. The molecule has 0 radical (unpaired) electrons. The Balaban J connectivity index is 0.00000147. The lowest BCUT2D eigenvalue weighted by atomic mass is 9.37. The zero-order chi connectivity index (χ0) is 12.9. The molecule has 0 aliphatic heterocycles. The van der Waals surface area contributed by atoms with E-state index in [1.54, 1.807) is 0 Å². The van der Waals surface area contributed by atoms with Crippen molar-refractivity contribution < 1.29 is 0 Å². The summed E-state index contributed by atoms with van der Waals surface area (Å²) in [5.74, 6) is 0. The Kier molecular flexibility index (Phi) is 5.15. The molecule has 3 aromatic rings. The Hall–Kier alpha value is -1.85. The first-order valence-corrected chi connectivity index (χ1v) is 6.60.